The van der Waals surface area contributed by atoms with Crippen molar-refractivity contribution in [2.24, 2.45) is 22.7 Å². The Morgan fingerprint density at radius 3 is 2.34 bits per heavy atom. The van der Waals surface area contributed by atoms with Crippen molar-refractivity contribution < 1.29 is 9.90 Å². The first kappa shape index (κ1) is 22.1. The van der Waals surface area contributed by atoms with Crippen LogP contribution in [-0.4, -0.2) is 40.3 Å². The van der Waals surface area contributed by atoms with E-state index in [9.17, 15) is 9.90 Å². The first-order valence-electron chi connectivity index (χ1n) is 12.6. The van der Waals surface area contributed by atoms with E-state index in [4.69, 9.17) is 4.99 Å². The Labute approximate surface area is 206 Å². The number of aromatic hydroxyl groups is 1. The molecule has 1 amide bonds. The van der Waals surface area contributed by atoms with Gasteiger partial charge in [0.15, 0.2) is 0 Å². The number of rotatable bonds is 7. The van der Waals surface area contributed by atoms with Crippen LogP contribution >= 0.6 is 0 Å². The Morgan fingerprint density at radius 1 is 0.943 bits per heavy atom. The molecule has 0 radical (unpaired) electrons. The van der Waals surface area contributed by atoms with Gasteiger partial charge < -0.3 is 10.4 Å². The monoisotopic (exact) mass is 465 g/mol. The summed E-state index contributed by atoms with van der Waals surface area (Å²) >= 11 is 0. The Hall–Kier alpha value is -3.44. The highest BCUT2D eigenvalue weighted by atomic mass is 16.3. The molecule has 1 saturated carbocycles. The average Bonchev–Trinajstić information content (AvgIpc) is 3.19. The Morgan fingerprint density at radius 2 is 1.63 bits per heavy atom. The molecule has 1 aliphatic carbocycles. The first-order valence-corrected chi connectivity index (χ1v) is 12.6. The summed E-state index contributed by atoms with van der Waals surface area (Å²) in [6.07, 6.45) is 3.73. The van der Waals surface area contributed by atoms with E-state index in [2.05, 4.69) is 40.7 Å². The molecule has 4 bridgehead atoms. The summed E-state index contributed by atoms with van der Waals surface area (Å²) in [5, 5.41) is 13.0. The highest BCUT2D eigenvalue weighted by Crippen LogP contribution is 2.54. The summed E-state index contributed by atoms with van der Waals surface area (Å²) in [5.74, 6) is 1.26. The molecule has 0 aromatic heterocycles. The molecule has 178 valence electrons. The number of hydrogen-bond acceptors (Lipinski definition) is 4. The van der Waals surface area contributed by atoms with Crippen molar-refractivity contribution in [1.82, 2.24) is 10.2 Å². The number of nitrogens with one attached hydrogen (secondary N) is 1. The number of benzene rings is 3. The summed E-state index contributed by atoms with van der Waals surface area (Å²) in [5.41, 5.74) is 2.80. The average molecular weight is 466 g/mol. The summed E-state index contributed by atoms with van der Waals surface area (Å²) in [7, 11) is 0. The second kappa shape index (κ2) is 8.97. The summed E-state index contributed by atoms with van der Waals surface area (Å²) in [6, 6.07) is 28.4. The summed E-state index contributed by atoms with van der Waals surface area (Å²) in [4.78, 5) is 21.5. The van der Waals surface area contributed by atoms with Gasteiger partial charge in [-0.2, -0.15) is 0 Å². The van der Waals surface area contributed by atoms with E-state index in [1.165, 1.54) is 11.1 Å². The highest BCUT2D eigenvalue weighted by Gasteiger charge is 2.63. The highest BCUT2D eigenvalue weighted by molar-refractivity contribution is 5.91. The maximum atomic E-state index is 13.9. The van der Waals surface area contributed by atoms with E-state index in [1.54, 1.807) is 12.1 Å². The normalized spacial score (nSPS) is 28.8. The molecule has 3 heterocycles. The molecule has 3 aliphatic heterocycles. The van der Waals surface area contributed by atoms with Gasteiger partial charge in [-0.15, -0.1) is 0 Å². The number of carbonyl (C=O) groups excluding carboxylic acids is 1. The van der Waals surface area contributed by atoms with Gasteiger partial charge in [0.2, 0.25) is 5.91 Å². The maximum absolute atomic E-state index is 13.9. The zero-order chi connectivity index (χ0) is 23.8. The van der Waals surface area contributed by atoms with Crippen LogP contribution < -0.4 is 5.32 Å². The quantitative estimate of drug-likeness (QED) is 0.549. The van der Waals surface area contributed by atoms with Crippen molar-refractivity contribution in [3.8, 4) is 5.75 Å². The lowest BCUT2D eigenvalue weighted by molar-refractivity contribution is -0.132. The van der Waals surface area contributed by atoms with E-state index in [0.717, 1.165) is 31.5 Å². The van der Waals surface area contributed by atoms with Crippen molar-refractivity contribution in [2.45, 2.75) is 37.5 Å². The van der Waals surface area contributed by atoms with Crippen LogP contribution in [0, 0.1) is 17.8 Å². The third kappa shape index (κ3) is 4.04. The molecule has 5 nitrogen and oxygen atoms in total. The van der Waals surface area contributed by atoms with Gasteiger partial charge in [0, 0.05) is 43.7 Å². The number of phenols is 1. The second-order valence-corrected chi connectivity index (χ2v) is 10.3. The Balaban J connectivity index is 1.31. The molecule has 35 heavy (non-hydrogen) atoms. The lowest BCUT2D eigenvalue weighted by Crippen LogP contribution is -2.63. The largest absolute Gasteiger partial charge is 0.508 e. The van der Waals surface area contributed by atoms with E-state index in [1.807, 2.05) is 48.5 Å². The van der Waals surface area contributed by atoms with Crippen molar-refractivity contribution >= 4 is 12.1 Å². The topological polar surface area (TPSA) is 64.9 Å². The van der Waals surface area contributed by atoms with Crippen molar-refractivity contribution in [3.05, 3.63) is 102 Å². The summed E-state index contributed by atoms with van der Waals surface area (Å²) in [6.45, 7) is 2.31. The molecule has 2 N–H and O–H groups in total. The number of phenolic OH excluding ortho intramolecular Hbond substituents is 1. The number of aliphatic imine (C=N–C) groups is 1. The Kier molecular flexibility index (Phi) is 5.65. The minimum atomic E-state index is -0.738. The number of carbonyl (C=O) groups is 1. The van der Waals surface area contributed by atoms with Gasteiger partial charge in [0.1, 0.15) is 11.3 Å². The molecule has 5 atom stereocenters. The number of amides is 1. The minimum Gasteiger partial charge on any atom is -0.508 e. The van der Waals surface area contributed by atoms with Crippen LogP contribution in [0.5, 0.6) is 5.75 Å². The van der Waals surface area contributed by atoms with Crippen LogP contribution in [0.2, 0.25) is 0 Å². The van der Waals surface area contributed by atoms with Gasteiger partial charge in [0.05, 0.1) is 0 Å². The predicted octanol–water partition coefficient (Wildman–Crippen LogP) is 4.21. The van der Waals surface area contributed by atoms with Gasteiger partial charge in [-0.25, -0.2) is 0 Å². The zero-order valence-corrected chi connectivity index (χ0v) is 19.8. The van der Waals surface area contributed by atoms with Gasteiger partial charge in [-0.1, -0.05) is 72.8 Å². The molecule has 7 rings (SSSR count). The third-order valence-corrected chi connectivity index (χ3v) is 8.21. The Bertz CT molecular complexity index is 1210. The van der Waals surface area contributed by atoms with Crippen molar-refractivity contribution in [3.63, 3.8) is 0 Å². The van der Waals surface area contributed by atoms with Crippen LogP contribution in [0.25, 0.3) is 0 Å². The first-order chi connectivity index (χ1) is 17.1. The maximum Gasteiger partial charge on any atom is 0.248 e. The van der Waals surface area contributed by atoms with Gasteiger partial charge in [-0.3, -0.25) is 14.7 Å². The molecule has 1 saturated heterocycles. The van der Waals surface area contributed by atoms with Crippen molar-refractivity contribution in [1.29, 1.82) is 0 Å². The van der Waals surface area contributed by atoms with Crippen LogP contribution in [0.1, 0.15) is 23.1 Å². The summed E-state index contributed by atoms with van der Waals surface area (Å²) < 4.78 is 0. The van der Waals surface area contributed by atoms with Gasteiger partial charge in [0.25, 0.3) is 0 Å². The molecular weight excluding hydrogens is 434 g/mol. The van der Waals surface area contributed by atoms with Gasteiger partial charge >= 0.3 is 0 Å². The molecule has 4 aliphatic rings. The predicted molar refractivity (Wildman–Crippen MR) is 137 cm³/mol. The van der Waals surface area contributed by atoms with Crippen LogP contribution in [0.4, 0.5) is 0 Å². The van der Waals surface area contributed by atoms with Crippen LogP contribution in [0.3, 0.4) is 0 Å². The standard InChI is InChI=1S/C30H31N3O2/c34-25-13-11-23(12-14-25)19-33-20-24-16-30(29(35)31-17-22-9-5-2-6-10-22)27(28(33)26(24)18-32-30)15-21-7-3-1-4-8-21/h1-14,18,24,26-28,34H,15-17,19-20H2,(H,31,35)/t24-,26-,27+,28+,30+/m1/s1. The molecule has 0 unspecified atom stereocenters. The molecule has 2 fully saturated rings. The van der Waals surface area contributed by atoms with E-state index in [-0.39, 0.29) is 23.6 Å². The van der Waals surface area contributed by atoms with E-state index in [0.29, 0.717) is 18.4 Å². The number of hydrogen-bond donors (Lipinski definition) is 2. The number of likely N-dealkylation sites (tertiary alicyclic amines) is 1. The fraction of sp³-hybridized carbons (Fsp3) is 0.333. The van der Waals surface area contributed by atoms with E-state index < -0.39 is 5.54 Å². The lowest BCUT2D eigenvalue weighted by Gasteiger charge is -2.51. The number of nitrogens with zero attached hydrogens (tertiary/aromatic N) is 2. The third-order valence-electron chi connectivity index (χ3n) is 8.21. The van der Waals surface area contributed by atoms with E-state index >= 15 is 0 Å². The van der Waals surface area contributed by atoms with Crippen molar-refractivity contribution in [2.75, 3.05) is 6.54 Å². The fourth-order valence-corrected chi connectivity index (χ4v) is 6.62. The SMILES string of the molecule is O=C(NCc1ccccc1)[C@@]12C[C@@H]3CN(Cc4ccc(O)cc4)[C@@H]([C@@H]3C=N1)[C@@H]2Cc1ccccc1. The zero-order valence-electron chi connectivity index (χ0n) is 19.8. The van der Waals surface area contributed by atoms with Crippen LogP contribution in [0.15, 0.2) is 89.9 Å². The van der Waals surface area contributed by atoms with Gasteiger partial charge in [-0.05, 0) is 47.6 Å². The molecule has 5 heteroatoms. The molecular formula is C30H31N3O2. The smallest absolute Gasteiger partial charge is 0.248 e. The minimum absolute atomic E-state index is 0.0539. The molecule has 3 aromatic rings. The van der Waals surface area contributed by atoms with Crippen LogP contribution in [-0.2, 0) is 24.3 Å². The second-order valence-electron chi connectivity index (χ2n) is 10.3. The molecule has 0 spiro atoms. The molecule has 3 aromatic carbocycles. The lowest BCUT2D eigenvalue weighted by atomic mass is 9.59. The fourth-order valence-electron chi connectivity index (χ4n) is 6.62.